The maximum Gasteiger partial charge on any atom is 0.343 e. The number of rotatable bonds is 5. The van der Waals surface area contributed by atoms with Crippen molar-refractivity contribution in [2.75, 3.05) is 11.9 Å². The molecular weight excluding hydrogens is 346 g/mol. The van der Waals surface area contributed by atoms with Gasteiger partial charge in [0, 0.05) is 17.2 Å². The first-order valence-electron chi connectivity index (χ1n) is 5.64. The number of aromatic nitrogens is 3. The van der Waals surface area contributed by atoms with Crippen molar-refractivity contribution in [3.63, 3.8) is 0 Å². The predicted molar refractivity (Wildman–Crippen MR) is 78.9 cm³/mol. The van der Waals surface area contributed by atoms with E-state index in [-0.39, 0.29) is 16.5 Å². The average Bonchev–Trinajstić information content (AvgIpc) is 2.41. The molecule has 0 bridgehead atoms. The maximum absolute atomic E-state index is 11.2. The fourth-order valence-corrected chi connectivity index (χ4v) is 2.46. The number of hydrogen-bond donors (Lipinski definition) is 1. The molecule has 0 saturated heterocycles. The third-order valence-electron chi connectivity index (χ3n) is 2.22. The molecule has 0 aliphatic carbocycles. The summed E-state index contributed by atoms with van der Waals surface area (Å²) in [6.07, 6.45) is 2.92. The van der Waals surface area contributed by atoms with Crippen LogP contribution in [0.2, 0.25) is 0 Å². The average molecular weight is 356 g/mol. The molecule has 9 heteroatoms. The predicted octanol–water partition coefficient (Wildman–Crippen LogP) is 3.13. The normalized spacial score (nSPS) is 10.3. The number of nitro groups is 1. The second-order valence-electron chi connectivity index (χ2n) is 3.58. The lowest BCUT2D eigenvalue weighted by Crippen LogP contribution is -2.05. The molecule has 7 nitrogen and oxygen atoms in total. The molecule has 0 unspecified atom stereocenters. The van der Waals surface area contributed by atoms with Gasteiger partial charge in [0.1, 0.15) is 11.4 Å². The Bertz CT molecular complexity index is 623. The van der Waals surface area contributed by atoms with Gasteiger partial charge < -0.3 is 5.32 Å². The molecule has 2 aromatic heterocycles. The Morgan fingerprint density at radius 2 is 2.20 bits per heavy atom. The molecule has 0 aromatic carbocycles. The molecule has 2 rings (SSSR count). The van der Waals surface area contributed by atoms with E-state index >= 15 is 0 Å². The van der Waals surface area contributed by atoms with Crippen LogP contribution in [0.25, 0.3) is 0 Å². The Kier molecular flexibility index (Phi) is 4.85. The first-order valence-corrected chi connectivity index (χ1v) is 7.25. The Morgan fingerprint density at radius 1 is 1.40 bits per heavy atom. The number of pyridine rings is 1. The summed E-state index contributed by atoms with van der Waals surface area (Å²) < 4.78 is 0.840. The number of anilines is 1. The maximum atomic E-state index is 11.2. The zero-order valence-electron chi connectivity index (χ0n) is 10.4. The van der Waals surface area contributed by atoms with E-state index in [1.54, 1.807) is 12.3 Å². The van der Waals surface area contributed by atoms with E-state index in [0.717, 1.165) is 16.2 Å². The molecule has 2 aromatic rings. The van der Waals surface area contributed by atoms with Crippen molar-refractivity contribution in [3.8, 4) is 0 Å². The fraction of sp³-hybridized carbons (Fsp3) is 0.182. The number of nitrogens with one attached hydrogen (secondary N) is 1. The van der Waals surface area contributed by atoms with Crippen LogP contribution in [0.1, 0.15) is 6.92 Å². The van der Waals surface area contributed by atoms with Crippen LogP contribution in [-0.2, 0) is 0 Å². The van der Waals surface area contributed by atoms with Gasteiger partial charge in [0.25, 0.3) is 0 Å². The second-order valence-corrected chi connectivity index (χ2v) is 5.50. The van der Waals surface area contributed by atoms with Crippen molar-refractivity contribution in [2.45, 2.75) is 17.0 Å². The molecule has 0 aliphatic rings. The van der Waals surface area contributed by atoms with E-state index in [9.17, 15) is 10.1 Å². The topological polar surface area (TPSA) is 93.8 Å². The van der Waals surface area contributed by atoms with Crippen molar-refractivity contribution in [1.29, 1.82) is 0 Å². The molecule has 1 N–H and O–H groups in total. The Morgan fingerprint density at radius 3 is 2.80 bits per heavy atom. The van der Waals surface area contributed by atoms with Gasteiger partial charge in [-0.15, -0.1) is 0 Å². The molecule has 0 radical (unpaired) electrons. The molecule has 0 amide bonds. The van der Waals surface area contributed by atoms with Crippen LogP contribution in [0.4, 0.5) is 11.5 Å². The van der Waals surface area contributed by atoms with Gasteiger partial charge in [-0.3, -0.25) is 10.1 Å². The van der Waals surface area contributed by atoms with Crippen LogP contribution >= 0.6 is 27.7 Å². The van der Waals surface area contributed by atoms with Gasteiger partial charge in [0.05, 0.1) is 4.92 Å². The van der Waals surface area contributed by atoms with Crippen LogP contribution in [0.15, 0.2) is 39.2 Å². The van der Waals surface area contributed by atoms with Gasteiger partial charge in [-0.2, -0.15) is 0 Å². The summed E-state index contributed by atoms with van der Waals surface area (Å²) in [6.45, 7) is 2.38. The summed E-state index contributed by atoms with van der Waals surface area (Å²) >= 11 is 4.41. The van der Waals surface area contributed by atoms with Crippen molar-refractivity contribution in [1.82, 2.24) is 15.0 Å². The van der Waals surface area contributed by atoms with Gasteiger partial charge in [0.15, 0.2) is 5.03 Å². The summed E-state index contributed by atoms with van der Waals surface area (Å²) in [6, 6.07) is 3.57. The van der Waals surface area contributed by atoms with E-state index in [1.807, 2.05) is 13.0 Å². The van der Waals surface area contributed by atoms with Gasteiger partial charge in [-0.25, -0.2) is 15.0 Å². The minimum Gasteiger partial charge on any atom is -0.364 e. The van der Waals surface area contributed by atoms with Crippen molar-refractivity contribution in [3.05, 3.63) is 39.2 Å². The number of hydrogen-bond acceptors (Lipinski definition) is 7. The monoisotopic (exact) mass is 355 g/mol. The summed E-state index contributed by atoms with van der Waals surface area (Å²) in [4.78, 5) is 22.8. The van der Waals surface area contributed by atoms with Crippen molar-refractivity contribution >= 4 is 39.2 Å². The smallest absolute Gasteiger partial charge is 0.343 e. The zero-order valence-corrected chi connectivity index (χ0v) is 12.8. The molecular formula is C11H10BrN5O2S. The first-order chi connectivity index (χ1) is 9.61. The van der Waals surface area contributed by atoms with Gasteiger partial charge in [0.2, 0.25) is 5.82 Å². The molecule has 0 fully saturated rings. The lowest BCUT2D eigenvalue weighted by atomic mass is 10.5. The summed E-state index contributed by atoms with van der Waals surface area (Å²) in [5, 5.41) is 14.9. The van der Waals surface area contributed by atoms with Crippen LogP contribution in [-0.4, -0.2) is 26.4 Å². The quantitative estimate of drug-likeness (QED) is 0.500. The number of halogens is 1. The zero-order chi connectivity index (χ0) is 14.5. The Labute approximate surface area is 127 Å². The van der Waals surface area contributed by atoms with E-state index in [0.29, 0.717) is 11.6 Å². The third-order valence-corrected chi connectivity index (χ3v) is 3.63. The van der Waals surface area contributed by atoms with Gasteiger partial charge in [-0.1, -0.05) is 0 Å². The van der Waals surface area contributed by atoms with Crippen LogP contribution < -0.4 is 5.32 Å². The Balaban J connectivity index is 2.37. The highest BCUT2D eigenvalue weighted by atomic mass is 79.9. The molecule has 20 heavy (non-hydrogen) atoms. The molecule has 104 valence electrons. The highest BCUT2D eigenvalue weighted by Gasteiger charge is 2.23. The van der Waals surface area contributed by atoms with Crippen LogP contribution in [0.3, 0.4) is 0 Å². The SMILES string of the molecule is CCNc1ncnc(Sc2ccc(Br)cn2)c1[N+](=O)[O-]. The third kappa shape index (κ3) is 3.42. The first kappa shape index (κ1) is 14.7. The van der Waals surface area contributed by atoms with E-state index < -0.39 is 4.92 Å². The molecule has 0 atom stereocenters. The standard InChI is InChI=1S/C11H10BrN5O2S/c1-2-13-10-9(17(18)19)11(16-6-15-10)20-8-4-3-7(12)5-14-8/h3-6H,2H2,1H3,(H,13,15,16). The second kappa shape index (κ2) is 6.62. The highest BCUT2D eigenvalue weighted by molar-refractivity contribution is 9.10. The minimum atomic E-state index is -0.487. The lowest BCUT2D eigenvalue weighted by molar-refractivity contribution is -0.387. The van der Waals surface area contributed by atoms with Crippen molar-refractivity contribution in [2.24, 2.45) is 0 Å². The lowest BCUT2D eigenvalue weighted by Gasteiger charge is -2.06. The minimum absolute atomic E-state index is 0.135. The van der Waals surface area contributed by atoms with E-state index in [4.69, 9.17) is 0 Å². The molecule has 0 saturated carbocycles. The molecule has 0 aliphatic heterocycles. The van der Waals surface area contributed by atoms with Crippen molar-refractivity contribution < 1.29 is 4.92 Å². The summed E-state index contributed by atoms with van der Waals surface area (Å²) in [5.41, 5.74) is -0.135. The van der Waals surface area contributed by atoms with E-state index in [2.05, 4.69) is 36.2 Å². The largest absolute Gasteiger partial charge is 0.364 e. The van der Waals surface area contributed by atoms with Gasteiger partial charge in [-0.05, 0) is 46.7 Å². The summed E-state index contributed by atoms with van der Waals surface area (Å²) in [5.74, 6) is 0.215. The molecule has 2 heterocycles. The van der Waals surface area contributed by atoms with E-state index in [1.165, 1.54) is 6.33 Å². The van der Waals surface area contributed by atoms with Crippen LogP contribution in [0.5, 0.6) is 0 Å². The number of nitrogens with zero attached hydrogens (tertiary/aromatic N) is 4. The molecule has 0 spiro atoms. The Hall–Kier alpha value is -1.74. The summed E-state index contributed by atoms with van der Waals surface area (Å²) in [7, 11) is 0. The van der Waals surface area contributed by atoms with Crippen LogP contribution in [0, 0.1) is 10.1 Å². The van der Waals surface area contributed by atoms with Gasteiger partial charge >= 0.3 is 5.69 Å². The highest BCUT2D eigenvalue weighted by Crippen LogP contribution is 2.35. The fourth-order valence-electron chi connectivity index (χ4n) is 1.42.